The molecule has 0 N–H and O–H groups in total. The van der Waals surface area contributed by atoms with Crippen molar-refractivity contribution in [2.45, 2.75) is 13.8 Å². The average molecular weight is 310 g/mol. The van der Waals surface area contributed by atoms with Crippen LogP contribution in [0.1, 0.15) is 13.8 Å². The van der Waals surface area contributed by atoms with Crippen molar-refractivity contribution in [3.63, 3.8) is 0 Å². The van der Waals surface area contributed by atoms with Crippen LogP contribution < -0.4 is 4.74 Å². The van der Waals surface area contributed by atoms with Crippen LogP contribution in [0.2, 0.25) is 0 Å². The van der Waals surface area contributed by atoms with Gasteiger partial charge in [-0.1, -0.05) is 46.7 Å². The van der Waals surface area contributed by atoms with Gasteiger partial charge in [0.1, 0.15) is 16.2 Å². The fourth-order valence-corrected chi connectivity index (χ4v) is 3.81. The highest BCUT2D eigenvalue weighted by Crippen LogP contribution is 2.30. The zero-order valence-electron chi connectivity index (χ0n) is 10.7. The second kappa shape index (κ2) is 6.41. The van der Waals surface area contributed by atoms with Gasteiger partial charge in [-0.05, 0) is 35.9 Å². The van der Waals surface area contributed by atoms with Gasteiger partial charge in [0.2, 0.25) is 0 Å². The van der Waals surface area contributed by atoms with Gasteiger partial charge in [-0.25, -0.2) is 0 Å². The summed E-state index contributed by atoms with van der Waals surface area (Å²) in [6.45, 7) is 3.88. The third-order valence-corrected chi connectivity index (χ3v) is 5.54. The van der Waals surface area contributed by atoms with Gasteiger partial charge in [0.05, 0.1) is 0 Å². The van der Waals surface area contributed by atoms with E-state index in [4.69, 9.17) is 17.0 Å². The van der Waals surface area contributed by atoms with E-state index in [1.807, 2.05) is 44.2 Å². The van der Waals surface area contributed by atoms with E-state index in [1.165, 1.54) is 4.88 Å². The molecule has 19 heavy (non-hydrogen) atoms. The highest BCUT2D eigenvalue weighted by Gasteiger charge is 2.08. The first-order chi connectivity index (χ1) is 9.06. The summed E-state index contributed by atoms with van der Waals surface area (Å²) in [5.74, 6) is 0.841. The van der Waals surface area contributed by atoms with E-state index in [2.05, 4.69) is 0 Å². The van der Waals surface area contributed by atoms with Gasteiger partial charge >= 0.3 is 0 Å². The Morgan fingerprint density at radius 2 is 1.95 bits per heavy atom. The first-order valence-corrected chi connectivity index (χ1v) is 8.48. The molecule has 0 spiro atoms. The molecule has 2 nitrogen and oxygen atoms in total. The average Bonchev–Trinajstić information content (AvgIpc) is 2.83. The minimum absolute atomic E-state index is 0.0114. The van der Waals surface area contributed by atoms with E-state index in [9.17, 15) is 4.79 Å². The number of rotatable bonds is 5. The Morgan fingerprint density at radius 1 is 1.26 bits per heavy atom. The van der Waals surface area contributed by atoms with Gasteiger partial charge in [-0.2, -0.15) is 0 Å². The topological polar surface area (TPSA) is 26.3 Å². The second-order valence-corrected chi connectivity index (χ2v) is 7.34. The summed E-state index contributed by atoms with van der Waals surface area (Å²) >= 11 is 5.12. The highest BCUT2D eigenvalue weighted by atomic mass is 32.9. The zero-order valence-corrected chi connectivity index (χ0v) is 13.2. The van der Waals surface area contributed by atoms with Gasteiger partial charge in [0.15, 0.2) is 5.78 Å². The molecule has 0 unspecified atom stereocenters. The lowest BCUT2D eigenvalue weighted by Crippen LogP contribution is -2.16. The molecule has 0 fully saturated rings. The molecule has 5 heteroatoms. The van der Waals surface area contributed by atoms with Crippen molar-refractivity contribution in [2.24, 2.45) is 5.92 Å². The van der Waals surface area contributed by atoms with Crippen LogP contribution in [0, 0.1) is 9.74 Å². The number of carbonyl (C=O) groups is 1. The summed E-state index contributed by atoms with van der Waals surface area (Å²) in [6, 6.07) is 9.75. The third-order valence-electron chi connectivity index (χ3n) is 2.63. The molecule has 0 saturated heterocycles. The van der Waals surface area contributed by atoms with Gasteiger partial charge in [0.25, 0.3) is 0 Å². The van der Waals surface area contributed by atoms with E-state index < -0.39 is 0 Å². The molecule has 2 rings (SSSR count). The van der Waals surface area contributed by atoms with Crippen molar-refractivity contribution < 1.29 is 9.53 Å². The number of ketones is 1. The molecule has 0 bridgehead atoms. The summed E-state index contributed by atoms with van der Waals surface area (Å²) in [4.78, 5) is 12.6. The molecule has 0 aliphatic rings. The minimum Gasteiger partial charge on any atom is -0.486 e. The maximum Gasteiger partial charge on any atom is 0.172 e. The molecule has 0 amide bonds. The molecule has 100 valence electrons. The van der Waals surface area contributed by atoms with Crippen LogP contribution in [0.3, 0.4) is 0 Å². The summed E-state index contributed by atoms with van der Waals surface area (Å²) < 4.78 is 6.37. The molecule has 1 heterocycles. The SMILES string of the molecule is CC(C)C(=O)COc1ccc(-c2cc(=S)ss2)cc1. The fraction of sp³-hybridized carbons (Fsp3) is 0.286. The first kappa shape index (κ1) is 14.4. The Hall–Kier alpha value is -1.04. The Kier molecular flexibility index (Phi) is 4.85. The lowest BCUT2D eigenvalue weighted by Gasteiger charge is -2.07. The van der Waals surface area contributed by atoms with E-state index >= 15 is 0 Å². The lowest BCUT2D eigenvalue weighted by molar-refractivity contribution is -0.123. The smallest absolute Gasteiger partial charge is 0.172 e. The minimum atomic E-state index is 0.0114. The molecule has 0 aliphatic carbocycles. The van der Waals surface area contributed by atoms with Crippen LogP contribution in [-0.2, 0) is 4.79 Å². The Labute approximate surface area is 125 Å². The summed E-state index contributed by atoms with van der Waals surface area (Å²) in [5.41, 5.74) is 1.12. The van der Waals surface area contributed by atoms with Crippen molar-refractivity contribution in [1.29, 1.82) is 0 Å². The summed E-state index contributed by atoms with van der Waals surface area (Å²) in [7, 11) is 3.27. The molecule has 0 radical (unpaired) electrons. The van der Waals surface area contributed by atoms with Crippen molar-refractivity contribution in [3.05, 3.63) is 34.2 Å². The summed E-state index contributed by atoms with van der Waals surface area (Å²) in [5, 5.41) is 0. The zero-order chi connectivity index (χ0) is 13.8. The number of ether oxygens (including phenoxy) is 1. The lowest BCUT2D eigenvalue weighted by atomic mass is 10.1. The Bertz CT molecular complexity index is 608. The molecular formula is C14H14O2S3. The van der Waals surface area contributed by atoms with Crippen molar-refractivity contribution >= 4 is 38.7 Å². The molecule has 0 atom stereocenters. The maximum absolute atomic E-state index is 11.5. The molecule has 2 aromatic rings. The standard InChI is InChI=1S/C14H14O2S3/c1-9(2)12(15)8-16-11-5-3-10(4-6-11)13-7-14(17)19-18-13/h3-7,9H,8H2,1-2H3. The number of Topliss-reactive ketones (excluding diaryl/α,β-unsaturated/α-hetero) is 1. The molecule has 1 aromatic heterocycles. The monoisotopic (exact) mass is 310 g/mol. The van der Waals surface area contributed by atoms with Crippen LogP contribution in [0.5, 0.6) is 5.75 Å². The van der Waals surface area contributed by atoms with Crippen LogP contribution >= 0.6 is 32.9 Å². The normalized spacial score (nSPS) is 10.7. The largest absolute Gasteiger partial charge is 0.486 e. The van der Waals surface area contributed by atoms with Gasteiger partial charge < -0.3 is 4.74 Å². The molecular weight excluding hydrogens is 296 g/mol. The Balaban J connectivity index is 2.03. The van der Waals surface area contributed by atoms with E-state index in [0.717, 1.165) is 15.1 Å². The second-order valence-electron chi connectivity index (χ2n) is 4.43. The van der Waals surface area contributed by atoms with Gasteiger partial charge in [-0.15, -0.1) is 0 Å². The van der Waals surface area contributed by atoms with Crippen LogP contribution in [-0.4, -0.2) is 12.4 Å². The number of hydrogen-bond donors (Lipinski definition) is 0. The van der Waals surface area contributed by atoms with Gasteiger partial charge in [-0.3, -0.25) is 4.79 Å². The quantitative estimate of drug-likeness (QED) is 0.585. The van der Waals surface area contributed by atoms with Crippen molar-refractivity contribution in [2.75, 3.05) is 6.61 Å². The summed E-state index contributed by atoms with van der Waals surface area (Å²) in [6.07, 6.45) is 0. The van der Waals surface area contributed by atoms with Crippen molar-refractivity contribution in [3.8, 4) is 16.2 Å². The molecule has 0 saturated carbocycles. The van der Waals surface area contributed by atoms with Gasteiger partial charge in [0, 0.05) is 10.8 Å². The van der Waals surface area contributed by atoms with Crippen LogP contribution in [0.4, 0.5) is 0 Å². The van der Waals surface area contributed by atoms with E-state index in [1.54, 1.807) is 20.7 Å². The first-order valence-electron chi connectivity index (χ1n) is 5.92. The van der Waals surface area contributed by atoms with Crippen LogP contribution in [0.15, 0.2) is 30.3 Å². The van der Waals surface area contributed by atoms with E-state index in [0.29, 0.717) is 0 Å². The third kappa shape index (κ3) is 3.96. The number of benzene rings is 1. The molecule has 1 aromatic carbocycles. The van der Waals surface area contributed by atoms with Crippen LogP contribution in [0.25, 0.3) is 10.4 Å². The fourth-order valence-electron chi connectivity index (χ4n) is 1.41. The predicted octanol–water partition coefficient (Wildman–Crippen LogP) is 4.81. The highest BCUT2D eigenvalue weighted by molar-refractivity contribution is 7.80. The number of hydrogen-bond acceptors (Lipinski definition) is 5. The molecule has 0 aliphatic heterocycles. The number of carbonyl (C=O) groups excluding carboxylic acids is 1. The predicted molar refractivity (Wildman–Crippen MR) is 83.8 cm³/mol. The maximum atomic E-state index is 11.5. The Morgan fingerprint density at radius 3 is 2.47 bits per heavy atom. The van der Waals surface area contributed by atoms with E-state index in [-0.39, 0.29) is 18.3 Å². The van der Waals surface area contributed by atoms with Crippen molar-refractivity contribution in [1.82, 2.24) is 0 Å².